The Hall–Kier alpha value is -1.44. The summed E-state index contributed by atoms with van der Waals surface area (Å²) >= 11 is 0. The second kappa shape index (κ2) is 6.48. The van der Waals surface area contributed by atoms with Gasteiger partial charge in [0, 0.05) is 5.92 Å². The minimum absolute atomic E-state index is 0.000824. The largest absolute Gasteiger partial charge is 0.300 e. The maximum absolute atomic E-state index is 11.8. The minimum atomic E-state index is -0.193. The molecule has 0 aliphatic carbocycles. The van der Waals surface area contributed by atoms with Gasteiger partial charge >= 0.3 is 0 Å². The van der Waals surface area contributed by atoms with Gasteiger partial charge in [0.15, 0.2) is 0 Å². The molecule has 2 heteroatoms. The molecule has 18 heavy (non-hydrogen) atoms. The van der Waals surface area contributed by atoms with Gasteiger partial charge in [-0.25, -0.2) is 0 Å². The van der Waals surface area contributed by atoms with Crippen molar-refractivity contribution in [1.29, 1.82) is 0 Å². The molecule has 0 amide bonds. The Morgan fingerprint density at radius 1 is 1.06 bits per heavy atom. The average Bonchev–Trinajstić information content (AvgIpc) is 2.27. The summed E-state index contributed by atoms with van der Waals surface area (Å²) < 4.78 is 0. The highest BCUT2D eigenvalue weighted by Gasteiger charge is 2.16. The highest BCUT2D eigenvalue weighted by molar-refractivity contribution is 6.00. The Morgan fingerprint density at radius 3 is 2.06 bits per heavy atom. The number of Topliss-reactive ketones (excluding diaryl/α,β-unsaturated/α-hetero) is 2. The fraction of sp³-hybridized carbons (Fsp3) is 0.500. The van der Waals surface area contributed by atoms with Crippen molar-refractivity contribution in [3.8, 4) is 0 Å². The molecule has 2 nitrogen and oxygen atoms in total. The van der Waals surface area contributed by atoms with Crippen LogP contribution >= 0.6 is 0 Å². The van der Waals surface area contributed by atoms with Crippen molar-refractivity contribution in [2.45, 2.75) is 46.5 Å². The van der Waals surface area contributed by atoms with Crippen LogP contribution in [-0.2, 0) is 16.0 Å². The second-order valence-corrected chi connectivity index (χ2v) is 5.41. The van der Waals surface area contributed by atoms with E-state index in [2.05, 4.69) is 26.0 Å². The fourth-order valence-electron chi connectivity index (χ4n) is 2.00. The summed E-state index contributed by atoms with van der Waals surface area (Å²) in [6.45, 7) is 7.69. The first-order chi connectivity index (χ1) is 8.40. The van der Waals surface area contributed by atoms with E-state index in [-0.39, 0.29) is 23.9 Å². The summed E-state index contributed by atoms with van der Waals surface area (Å²) in [7, 11) is 0. The number of carbonyl (C=O) groups excluding carboxylic acids is 2. The lowest BCUT2D eigenvalue weighted by Gasteiger charge is -2.11. The Kier molecular flexibility index (Phi) is 5.26. The quantitative estimate of drug-likeness (QED) is 0.719. The van der Waals surface area contributed by atoms with E-state index in [1.54, 1.807) is 0 Å². The highest BCUT2D eigenvalue weighted by Crippen LogP contribution is 2.19. The van der Waals surface area contributed by atoms with Crippen molar-refractivity contribution in [2.75, 3.05) is 0 Å². The molecule has 0 heterocycles. The molecule has 0 N–H and O–H groups in total. The number of rotatable bonds is 6. The van der Waals surface area contributed by atoms with Gasteiger partial charge in [0.05, 0.1) is 6.42 Å². The molecule has 0 radical (unpaired) electrons. The van der Waals surface area contributed by atoms with Crippen molar-refractivity contribution < 1.29 is 9.59 Å². The standard InChI is InChI=1S/C16H22O2/c1-11(2)9-14-5-7-15(8-6-14)13(4)16(18)10-12(3)17/h5-8,11,13H,9-10H2,1-4H3. The second-order valence-electron chi connectivity index (χ2n) is 5.41. The molecular weight excluding hydrogens is 224 g/mol. The van der Waals surface area contributed by atoms with Crippen LogP contribution in [0.4, 0.5) is 0 Å². The summed E-state index contributed by atoms with van der Waals surface area (Å²) in [5.41, 5.74) is 2.29. The Labute approximate surface area is 109 Å². The SMILES string of the molecule is CC(=O)CC(=O)C(C)c1ccc(CC(C)C)cc1. The molecule has 0 aromatic heterocycles. The number of carbonyl (C=O) groups is 2. The Morgan fingerprint density at radius 2 is 1.61 bits per heavy atom. The molecular formula is C16H22O2. The smallest absolute Gasteiger partial charge is 0.147 e. The van der Waals surface area contributed by atoms with E-state index < -0.39 is 0 Å². The van der Waals surface area contributed by atoms with Crippen LogP contribution < -0.4 is 0 Å². The maximum atomic E-state index is 11.8. The van der Waals surface area contributed by atoms with Gasteiger partial charge in [0.25, 0.3) is 0 Å². The first kappa shape index (κ1) is 14.6. The van der Waals surface area contributed by atoms with Gasteiger partial charge in [-0.2, -0.15) is 0 Å². The molecule has 1 rings (SSSR count). The number of ketones is 2. The van der Waals surface area contributed by atoms with Gasteiger partial charge in [0.1, 0.15) is 11.6 Å². The van der Waals surface area contributed by atoms with E-state index in [0.29, 0.717) is 5.92 Å². The van der Waals surface area contributed by atoms with Crippen LogP contribution in [0.5, 0.6) is 0 Å². The molecule has 0 fully saturated rings. The van der Waals surface area contributed by atoms with E-state index in [4.69, 9.17) is 0 Å². The third kappa shape index (κ3) is 4.44. The van der Waals surface area contributed by atoms with Crippen molar-refractivity contribution in [3.63, 3.8) is 0 Å². The van der Waals surface area contributed by atoms with Crippen LogP contribution in [0.1, 0.15) is 51.2 Å². The third-order valence-corrected chi connectivity index (χ3v) is 3.03. The van der Waals surface area contributed by atoms with Gasteiger partial charge in [-0.05, 0) is 30.4 Å². The Bertz CT molecular complexity index is 415. The monoisotopic (exact) mass is 246 g/mol. The van der Waals surface area contributed by atoms with Crippen molar-refractivity contribution >= 4 is 11.6 Å². The zero-order chi connectivity index (χ0) is 13.7. The van der Waals surface area contributed by atoms with Gasteiger partial charge in [-0.3, -0.25) is 9.59 Å². The summed E-state index contributed by atoms with van der Waals surface area (Å²) in [4.78, 5) is 22.7. The molecule has 0 saturated carbocycles. The number of hydrogen-bond acceptors (Lipinski definition) is 2. The molecule has 0 saturated heterocycles. The predicted octanol–water partition coefficient (Wildman–Crippen LogP) is 3.54. The molecule has 0 aliphatic rings. The predicted molar refractivity (Wildman–Crippen MR) is 73.7 cm³/mol. The summed E-state index contributed by atoms with van der Waals surface area (Å²) in [6, 6.07) is 8.15. The van der Waals surface area contributed by atoms with Crippen LogP contribution in [0, 0.1) is 5.92 Å². The van der Waals surface area contributed by atoms with E-state index in [9.17, 15) is 9.59 Å². The van der Waals surface area contributed by atoms with Crippen LogP contribution in [0.15, 0.2) is 24.3 Å². The van der Waals surface area contributed by atoms with Crippen LogP contribution in [0.3, 0.4) is 0 Å². The maximum Gasteiger partial charge on any atom is 0.147 e. The zero-order valence-electron chi connectivity index (χ0n) is 11.7. The van der Waals surface area contributed by atoms with Crippen molar-refractivity contribution in [3.05, 3.63) is 35.4 Å². The molecule has 1 atom stereocenters. The third-order valence-electron chi connectivity index (χ3n) is 3.03. The van der Waals surface area contributed by atoms with Crippen molar-refractivity contribution in [1.82, 2.24) is 0 Å². The lowest BCUT2D eigenvalue weighted by atomic mass is 9.92. The molecule has 1 aromatic carbocycles. The topological polar surface area (TPSA) is 34.1 Å². The van der Waals surface area contributed by atoms with Gasteiger partial charge in [-0.15, -0.1) is 0 Å². The molecule has 1 unspecified atom stereocenters. The summed E-state index contributed by atoms with van der Waals surface area (Å²) in [5.74, 6) is 0.372. The molecule has 0 aliphatic heterocycles. The van der Waals surface area contributed by atoms with Gasteiger partial charge in [-0.1, -0.05) is 45.0 Å². The van der Waals surface area contributed by atoms with Gasteiger partial charge < -0.3 is 0 Å². The van der Waals surface area contributed by atoms with E-state index in [0.717, 1.165) is 12.0 Å². The highest BCUT2D eigenvalue weighted by atomic mass is 16.1. The first-order valence-electron chi connectivity index (χ1n) is 6.51. The first-order valence-corrected chi connectivity index (χ1v) is 6.51. The number of benzene rings is 1. The van der Waals surface area contributed by atoms with E-state index in [1.165, 1.54) is 12.5 Å². The lowest BCUT2D eigenvalue weighted by molar-refractivity contribution is -0.126. The molecule has 1 aromatic rings. The molecule has 0 spiro atoms. The summed E-state index contributed by atoms with van der Waals surface area (Å²) in [6.07, 6.45) is 1.09. The molecule has 98 valence electrons. The van der Waals surface area contributed by atoms with Crippen molar-refractivity contribution in [2.24, 2.45) is 5.92 Å². The van der Waals surface area contributed by atoms with Gasteiger partial charge in [0.2, 0.25) is 0 Å². The summed E-state index contributed by atoms with van der Waals surface area (Å²) in [5, 5.41) is 0. The lowest BCUT2D eigenvalue weighted by Crippen LogP contribution is -2.12. The van der Waals surface area contributed by atoms with E-state index >= 15 is 0 Å². The minimum Gasteiger partial charge on any atom is -0.300 e. The normalized spacial score (nSPS) is 12.5. The molecule has 0 bridgehead atoms. The fourth-order valence-corrected chi connectivity index (χ4v) is 2.00. The zero-order valence-corrected chi connectivity index (χ0v) is 11.7. The van der Waals surface area contributed by atoms with Crippen LogP contribution in [0.2, 0.25) is 0 Å². The van der Waals surface area contributed by atoms with E-state index in [1.807, 2.05) is 19.1 Å². The van der Waals surface area contributed by atoms with Crippen LogP contribution in [0.25, 0.3) is 0 Å². The average molecular weight is 246 g/mol. The Balaban J connectivity index is 2.72. The van der Waals surface area contributed by atoms with Crippen LogP contribution in [-0.4, -0.2) is 11.6 Å². The number of hydrogen-bond donors (Lipinski definition) is 0.